The highest BCUT2D eigenvalue weighted by molar-refractivity contribution is 5.97. The molecule has 4 aromatic rings. The number of piperidine rings is 1. The van der Waals surface area contributed by atoms with Crippen molar-refractivity contribution in [1.82, 2.24) is 45.1 Å². The number of halogens is 1. The van der Waals surface area contributed by atoms with Crippen molar-refractivity contribution in [1.29, 1.82) is 0 Å². The molecule has 292 valence electrons. The van der Waals surface area contributed by atoms with Crippen molar-refractivity contribution in [3.8, 4) is 11.4 Å². The maximum atomic E-state index is 14.0. The van der Waals surface area contributed by atoms with Crippen LogP contribution < -0.4 is 10.1 Å². The van der Waals surface area contributed by atoms with Gasteiger partial charge in [-0.25, -0.2) is 13.9 Å². The minimum atomic E-state index is -0.532. The van der Waals surface area contributed by atoms with Crippen molar-refractivity contribution < 1.29 is 28.2 Å². The van der Waals surface area contributed by atoms with Crippen LogP contribution in [0.3, 0.4) is 0 Å². The smallest absolute Gasteiger partial charge is 0.320 e. The number of piperazine rings is 1. The van der Waals surface area contributed by atoms with Crippen LogP contribution >= 0.6 is 0 Å². The van der Waals surface area contributed by atoms with Gasteiger partial charge in [0, 0.05) is 58.8 Å². The predicted molar refractivity (Wildman–Crippen MR) is 203 cm³/mol. The third-order valence-electron chi connectivity index (χ3n) is 10.7. The molecule has 3 aromatic carbocycles. The van der Waals surface area contributed by atoms with Gasteiger partial charge in [-0.2, -0.15) is 0 Å². The molecule has 2 aliphatic heterocycles. The minimum Gasteiger partial charge on any atom is -0.496 e. The number of tetrazole rings is 1. The summed E-state index contributed by atoms with van der Waals surface area (Å²) in [5.74, 6) is -0.424. The van der Waals surface area contributed by atoms with E-state index >= 15 is 0 Å². The first-order valence-electron chi connectivity index (χ1n) is 18.8. The van der Waals surface area contributed by atoms with Gasteiger partial charge in [-0.05, 0) is 84.6 Å². The lowest BCUT2D eigenvalue weighted by atomic mass is 9.80. The SMILES string of the molecule is CCOC(=O)CN1CCN(C(=O)NC2(c3ccccc3)CCN(CC[C@H](CN(C)C(=O)c3cc(-n4cnnn4)ccc3OC)c3ccc(F)cc3)CC2)CC1. The molecule has 2 fully saturated rings. The van der Waals surface area contributed by atoms with E-state index in [1.807, 2.05) is 28.0 Å². The van der Waals surface area contributed by atoms with Gasteiger partial charge in [0.1, 0.15) is 17.9 Å². The van der Waals surface area contributed by atoms with E-state index in [0.29, 0.717) is 56.3 Å². The second-order valence-corrected chi connectivity index (χ2v) is 14.1. The molecule has 6 rings (SSSR count). The molecular formula is C40H50FN9O5. The van der Waals surface area contributed by atoms with Gasteiger partial charge in [0.25, 0.3) is 5.91 Å². The number of benzene rings is 3. The highest BCUT2D eigenvalue weighted by Crippen LogP contribution is 2.34. The minimum absolute atomic E-state index is 0.0775. The Bertz CT molecular complexity index is 1860. The van der Waals surface area contributed by atoms with Crippen LogP contribution in [0.25, 0.3) is 5.69 Å². The summed E-state index contributed by atoms with van der Waals surface area (Å²) < 4.78 is 26.2. The molecule has 1 N–H and O–H groups in total. The number of ether oxygens (including phenoxy) is 2. The van der Waals surface area contributed by atoms with Crippen molar-refractivity contribution in [2.45, 2.75) is 37.6 Å². The highest BCUT2D eigenvalue weighted by atomic mass is 19.1. The summed E-state index contributed by atoms with van der Waals surface area (Å²) in [7, 11) is 3.29. The molecule has 0 radical (unpaired) electrons. The Labute approximate surface area is 321 Å². The van der Waals surface area contributed by atoms with E-state index < -0.39 is 5.54 Å². The number of hydrogen-bond donors (Lipinski definition) is 1. The van der Waals surface area contributed by atoms with Gasteiger partial charge in [0.15, 0.2) is 0 Å². The number of nitrogens with one attached hydrogen (secondary N) is 1. The number of rotatable bonds is 14. The van der Waals surface area contributed by atoms with E-state index in [4.69, 9.17) is 9.47 Å². The van der Waals surface area contributed by atoms with E-state index in [2.05, 4.69) is 37.9 Å². The van der Waals surface area contributed by atoms with Crippen LogP contribution in [0.2, 0.25) is 0 Å². The average molecular weight is 756 g/mol. The highest BCUT2D eigenvalue weighted by Gasteiger charge is 2.39. The molecule has 2 saturated heterocycles. The summed E-state index contributed by atoms with van der Waals surface area (Å²) >= 11 is 0. The fraction of sp³-hybridized carbons (Fsp3) is 0.450. The van der Waals surface area contributed by atoms with Crippen molar-refractivity contribution in [2.75, 3.05) is 79.7 Å². The van der Waals surface area contributed by atoms with Gasteiger partial charge < -0.3 is 29.5 Å². The monoisotopic (exact) mass is 755 g/mol. The number of esters is 1. The Morgan fingerprint density at radius 1 is 0.945 bits per heavy atom. The van der Waals surface area contributed by atoms with Crippen molar-refractivity contribution >= 4 is 17.9 Å². The molecule has 0 unspecified atom stereocenters. The zero-order chi connectivity index (χ0) is 38.8. The standard InChI is InChI=1S/C40H50FN9O5/c1-4-55-37(51)28-48-22-24-49(25-23-48)39(53)43-40(32-8-6-5-7-9-32)17-20-47(21-18-40)19-16-31(30-10-12-33(41)13-11-30)27-46(2)38(52)35-26-34(14-15-36(35)54-3)50-29-42-44-45-50/h5-15,26,29,31H,4,16-25,27-28H2,1-3H3,(H,43,53)/t31-/m1/s1. The fourth-order valence-electron chi connectivity index (χ4n) is 7.52. The summed E-state index contributed by atoms with van der Waals surface area (Å²) in [5, 5.41) is 14.8. The van der Waals surface area contributed by atoms with E-state index in [9.17, 15) is 18.8 Å². The van der Waals surface area contributed by atoms with Crippen molar-refractivity contribution in [3.05, 3.63) is 102 Å². The number of likely N-dealkylation sites (N-methyl/N-ethyl adjacent to an activating group) is 1. The fourth-order valence-corrected chi connectivity index (χ4v) is 7.52. The number of likely N-dealkylation sites (tertiary alicyclic amines) is 1. The molecule has 0 aliphatic carbocycles. The maximum Gasteiger partial charge on any atom is 0.320 e. The van der Waals surface area contributed by atoms with Gasteiger partial charge in [0.2, 0.25) is 0 Å². The Morgan fingerprint density at radius 2 is 1.67 bits per heavy atom. The summed E-state index contributed by atoms with van der Waals surface area (Å²) in [4.78, 5) is 47.6. The van der Waals surface area contributed by atoms with Crippen molar-refractivity contribution in [2.24, 2.45) is 0 Å². The van der Waals surface area contributed by atoms with Gasteiger partial charge in [-0.3, -0.25) is 14.5 Å². The molecule has 3 heterocycles. The molecule has 2 aliphatic rings. The number of hydrogen-bond acceptors (Lipinski definition) is 10. The average Bonchev–Trinajstić information content (AvgIpc) is 3.76. The second-order valence-electron chi connectivity index (χ2n) is 14.1. The first-order chi connectivity index (χ1) is 26.7. The number of nitrogens with zero attached hydrogens (tertiary/aromatic N) is 8. The largest absolute Gasteiger partial charge is 0.496 e. The Hall–Kier alpha value is -5.41. The quantitative estimate of drug-likeness (QED) is 0.189. The summed E-state index contributed by atoms with van der Waals surface area (Å²) in [5.41, 5.74) is 2.49. The van der Waals surface area contributed by atoms with Crippen molar-refractivity contribution in [3.63, 3.8) is 0 Å². The second kappa shape index (κ2) is 18.3. The Morgan fingerprint density at radius 3 is 2.33 bits per heavy atom. The Kier molecular flexibility index (Phi) is 13.1. The Balaban J connectivity index is 1.10. The summed E-state index contributed by atoms with van der Waals surface area (Å²) in [6, 6.07) is 21.8. The van der Waals surface area contributed by atoms with Crippen LogP contribution in [0.4, 0.5) is 9.18 Å². The van der Waals surface area contributed by atoms with Crippen LogP contribution in [-0.4, -0.2) is 137 Å². The topological polar surface area (TPSA) is 138 Å². The summed E-state index contributed by atoms with van der Waals surface area (Å²) in [6.07, 6.45) is 3.64. The first kappa shape index (κ1) is 39.3. The lowest BCUT2D eigenvalue weighted by molar-refractivity contribution is -0.144. The molecule has 14 nitrogen and oxygen atoms in total. The number of aromatic nitrogens is 4. The van der Waals surface area contributed by atoms with Crippen LogP contribution in [0.15, 0.2) is 79.1 Å². The lowest BCUT2D eigenvalue weighted by Crippen LogP contribution is -2.59. The lowest BCUT2D eigenvalue weighted by Gasteiger charge is -2.44. The number of amides is 3. The third kappa shape index (κ3) is 9.83. The van der Waals surface area contributed by atoms with E-state index in [1.54, 1.807) is 49.2 Å². The normalized spacial score (nSPS) is 16.6. The van der Waals surface area contributed by atoms with E-state index in [0.717, 1.165) is 50.0 Å². The first-order valence-corrected chi connectivity index (χ1v) is 18.8. The zero-order valence-electron chi connectivity index (χ0n) is 31.8. The van der Waals surface area contributed by atoms with E-state index in [-0.39, 0.29) is 36.2 Å². The third-order valence-corrected chi connectivity index (χ3v) is 10.7. The van der Waals surface area contributed by atoms with Crippen LogP contribution in [0, 0.1) is 5.82 Å². The molecule has 1 atom stereocenters. The van der Waals surface area contributed by atoms with Gasteiger partial charge in [-0.1, -0.05) is 42.5 Å². The number of urea groups is 1. The number of carbonyl (C=O) groups is 3. The van der Waals surface area contributed by atoms with E-state index in [1.165, 1.54) is 30.3 Å². The zero-order valence-corrected chi connectivity index (χ0v) is 31.8. The van der Waals surface area contributed by atoms with Gasteiger partial charge in [-0.15, -0.1) is 5.10 Å². The maximum absolute atomic E-state index is 14.0. The van der Waals surface area contributed by atoms with Gasteiger partial charge in [0.05, 0.1) is 37.1 Å². The summed E-state index contributed by atoms with van der Waals surface area (Å²) in [6.45, 7) is 7.31. The molecule has 55 heavy (non-hydrogen) atoms. The van der Waals surface area contributed by atoms with Gasteiger partial charge >= 0.3 is 12.0 Å². The molecular weight excluding hydrogens is 705 g/mol. The van der Waals surface area contributed by atoms with Crippen LogP contribution in [0.1, 0.15) is 53.6 Å². The molecule has 1 aromatic heterocycles. The molecule has 3 amide bonds. The predicted octanol–water partition coefficient (Wildman–Crippen LogP) is 3.94. The molecule has 0 bridgehead atoms. The van der Waals surface area contributed by atoms with Crippen LogP contribution in [-0.2, 0) is 15.1 Å². The molecule has 0 spiro atoms. The number of carbonyl (C=O) groups excluding carboxylic acids is 3. The molecule has 15 heteroatoms. The van der Waals surface area contributed by atoms with Crippen LogP contribution in [0.5, 0.6) is 5.75 Å². The molecule has 0 saturated carbocycles. The number of methoxy groups -OCH3 is 1.